The van der Waals surface area contributed by atoms with Gasteiger partial charge in [0.1, 0.15) is 18.1 Å². The molecule has 0 fully saturated rings. The first-order valence-electron chi connectivity index (χ1n) is 8.87. The maximum absolute atomic E-state index is 11.2. The maximum atomic E-state index is 11.2. The highest BCUT2D eigenvalue weighted by molar-refractivity contribution is 5.88. The molecule has 0 bridgehead atoms. The standard InChI is InChI=1S/C8H15N3O5.C8H14N2O5/c9-4(3-12)7(14)11-5(8(15)16)1-2-6(10)13;1-4(11)2-7(13)10-5(8(14)15)3-6(9)12/h4-5,12H,1-3,9H2,(H2,10,13)(H,11,14)(H,15,16);4-5,11H,2-3H2,1H3,(H2,9,12)(H,10,13)(H,14,15). The van der Waals surface area contributed by atoms with Crippen LogP contribution in [0.15, 0.2) is 0 Å². The normalized spacial score (nSPS) is 13.9. The first-order chi connectivity index (χ1) is 14.2. The molecule has 0 aliphatic carbocycles. The van der Waals surface area contributed by atoms with Gasteiger partial charge in [0.05, 0.1) is 25.6 Å². The highest BCUT2D eigenvalue weighted by Crippen LogP contribution is 1.98. The van der Waals surface area contributed by atoms with E-state index < -0.39 is 72.8 Å². The number of amides is 4. The van der Waals surface area contributed by atoms with Crippen molar-refractivity contribution in [2.45, 2.75) is 56.8 Å². The second-order valence-corrected chi connectivity index (χ2v) is 6.38. The van der Waals surface area contributed by atoms with E-state index in [2.05, 4.69) is 10.6 Å². The van der Waals surface area contributed by atoms with E-state index in [0.29, 0.717) is 0 Å². The van der Waals surface area contributed by atoms with Crippen molar-refractivity contribution >= 4 is 35.6 Å². The minimum absolute atomic E-state index is 0.117. The number of hydrogen-bond donors (Lipinski definition) is 9. The Labute approximate surface area is 176 Å². The first kappa shape index (κ1) is 29.9. The lowest BCUT2D eigenvalue weighted by atomic mass is 10.1. The molecular formula is C16H29N5O10. The molecule has 0 saturated carbocycles. The number of carboxylic acids is 2. The predicted octanol–water partition coefficient (Wildman–Crippen LogP) is -4.66. The molecule has 0 saturated heterocycles. The number of nitrogens with one attached hydrogen (secondary N) is 2. The third-order valence-corrected chi connectivity index (χ3v) is 3.35. The molecule has 15 heteroatoms. The van der Waals surface area contributed by atoms with Crippen LogP contribution >= 0.6 is 0 Å². The van der Waals surface area contributed by atoms with Crippen molar-refractivity contribution in [1.82, 2.24) is 10.6 Å². The van der Waals surface area contributed by atoms with Gasteiger partial charge in [-0.05, 0) is 13.3 Å². The monoisotopic (exact) mass is 451 g/mol. The zero-order valence-corrected chi connectivity index (χ0v) is 16.8. The van der Waals surface area contributed by atoms with Crippen molar-refractivity contribution in [3.63, 3.8) is 0 Å². The third-order valence-electron chi connectivity index (χ3n) is 3.35. The molecule has 0 aliphatic heterocycles. The van der Waals surface area contributed by atoms with Crippen molar-refractivity contribution in [3.05, 3.63) is 0 Å². The summed E-state index contributed by atoms with van der Waals surface area (Å²) in [6.07, 6.45) is -1.84. The lowest BCUT2D eigenvalue weighted by molar-refractivity contribution is -0.143. The van der Waals surface area contributed by atoms with Crippen molar-refractivity contribution in [2.75, 3.05) is 6.61 Å². The number of aliphatic hydroxyl groups excluding tert-OH is 2. The number of rotatable bonds is 13. The summed E-state index contributed by atoms with van der Waals surface area (Å²) >= 11 is 0. The highest BCUT2D eigenvalue weighted by atomic mass is 16.4. The van der Waals surface area contributed by atoms with Gasteiger partial charge in [0.15, 0.2) is 0 Å². The van der Waals surface area contributed by atoms with Crippen molar-refractivity contribution in [3.8, 4) is 0 Å². The summed E-state index contributed by atoms with van der Waals surface area (Å²) in [4.78, 5) is 64.4. The highest BCUT2D eigenvalue weighted by Gasteiger charge is 2.23. The van der Waals surface area contributed by atoms with Gasteiger partial charge in [-0.25, -0.2) is 9.59 Å². The number of carboxylic acid groups (broad SMARTS) is 2. The van der Waals surface area contributed by atoms with Crippen molar-refractivity contribution in [2.24, 2.45) is 17.2 Å². The van der Waals surface area contributed by atoms with Gasteiger partial charge in [0, 0.05) is 6.42 Å². The van der Waals surface area contributed by atoms with Crippen LogP contribution in [0.5, 0.6) is 0 Å². The number of nitrogens with two attached hydrogens (primary N) is 3. The quantitative estimate of drug-likeness (QED) is 0.128. The summed E-state index contributed by atoms with van der Waals surface area (Å²) < 4.78 is 0. The van der Waals surface area contributed by atoms with E-state index in [-0.39, 0.29) is 19.3 Å². The molecule has 4 atom stereocenters. The van der Waals surface area contributed by atoms with Crippen LogP contribution < -0.4 is 27.8 Å². The molecule has 0 aromatic rings. The molecule has 0 heterocycles. The van der Waals surface area contributed by atoms with E-state index in [4.69, 9.17) is 37.6 Å². The van der Waals surface area contributed by atoms with Gasteiger partial charge in [0.2, 0.25) is 23.6 Å². The topological polar surface area (TPSA) is 285 Å². The number of hydrogen-bond acceptors (Lipinski definition) is 9. The Hall–Kier alpha value is -3.30. The average Bonchev–Trinajstić information content (AvgIpc) is 2.62. The Morgan fingerprint density at radius 1 is 0.871 bits per heavy atom. The number of primary amides is 2. The molecule has 15 nitrogen and oxygen atoms in total. The van der Waals surface area contributed by atoms with E-state index in [1.807, 2.05) is 0 Å². The molecule has 0 aromatic carbocycles. The van der Waals surface area contributed by atoms with Gasteiger partial charge in [-0.15, -0.1) is 0 Å². The zero-order valence-electron chi connectivity index (χ0n) is 16.8. The summed E-state index contributed by atoms with van der Waals surface area (Å²) in [6.45, 7) is 0.803. The molecule has 31 heavy (non-hydrogen) atoms. The molecule has 0 aromatic heterocycles. The van der Waals surface area contributed by atoms with Gasteiger partial charge in [0.25, 0.3) is 0 Å². The van der Waals surface area contributed by atoms with Crippen molar-refractivity contribution in [1.29, 1.82) is 0 Å². The Morgan fingerprint density at radius 2 is 1.39 bits per heavy atom. The molecular weight excluding hydrogens is 422 g/mol. The van der Waals surface area contributed by atoms with Crippen molar-refractivity contribution < 1.29 is 49.2 Å². The zero-order chi connectivity index (χ0) is 24.7. The minimum Gasteiger partial charge on any atom is -0.480 e. The van der Waals surface area contributed by atoms with E-state index in [1.54, 1.807) is 0 Å². The van der Waals surface area contributed by atoms with Gasteiger partial charge in [-0.2, -0.15) is 0 Å². The van der Waals surface area contributed by atoms with E-state index in [9.17, 15) is 28.8 Å². The number of aliphatic carboxylic acids is 2. The Balaban J connectivity index is 0. The third kappa shape index (κ3) is 16.2. The molecule has 0 rings (SSSR count). The Kier molecular flexibility index (Phi) is 15.0. The fourth-order valence-electron chi connectivity index (χ4n) is 1.83. The average molecular weight is 451 g/mol. The maximum Gasteiger partial charge on any atom is 0.326 e. The summed E-state index contributed by atoms with van der Waals surface area (Å²) in [7, 11) is 0. The second-order valence-electron chi connectivity index (χ2n) is 6.38. The van der Waals surface area contributed by atoms with Gasteiger partial charge in [-0.1, -0.05) is 0 Å². The van der Waals surface area contributed by atoms with E-state index in [0.717, 1.165) is 0 Å². The van der Waals surface area contributed by atoms with Gasteiger partial charge < -0.3 is 48.3 Å². The lowest BCUT2D eigenvalue weighted by Crippen LogP contribution is -2.50. The van der Waals surface area contributed by atoms with Crippen LogP contribution in [0, 0.1) is 0 Å². The van der Waals surface area contributed by atoms with E-state index in [1.165, 1.54) is 6.92 Å². The largest absolute Gasteiger partial charge is 0.480 e. The van der Waals surface area contributed by atoms with Gasteiger partial charge in [-0.3, -0.25) is 19.2 Å². The first-order valence-corrected chi connectivity index (χ1v) is 8.87. The van der Waals surface area contributed by atoms with Crippen LogP contribution in [-0.2, 0) is 28.8 Å². The van der Waals surface area contributed by atoms with Crippen LogP contribution in [0.4, 0.5) is 0 Å². The molecule has 0 aliphatic rings. The second kappa shape index (κ2) is 15.5. The molecule has 4 amide bonds. The van der Waals surface area contributed by atoms with Crippen LogP contribution in [0.1, 0.15) is 32.6 Å². The number of aliphatic hydroxyl groups is 2. The Morgan fingerprint density at radius 3 is 1.74 bits per heavy atom. The summed E-state index contributed by atoms with van der Waals surface area (Å²) in [6, 6.07) is -3.76. The minimum atomic E-state index is -1.34. The summed E-state index contributed by atoms with van der Waals surface area (Å²) in [5, 5.41) is 38.9. The molecule has 178 valence electrons. The Bertz CT molecular complexity index is 655. The fourth-order valence-corrected chi connectivity index (χ4v) is 1.83. The lowest BCUT2D eigenvalue weighted by Gasteiger charge is -2.15. The SMILES string of the molecule is CC(O)CC(=O)NC(CC(N)=O)C(=O)O.NC(=O)CCC(NC(=O)C(N)CO)C(=O)O. The van der Waals surface area contributed by atoms with Crippen LogP contribution in [-0.4, -0.2) is 86.8 Å². The smallest absolute Gasteiger partial charge is 0.326 e. The molecule has 0 radical (unpaired) electrons. The van der Waals surface area contributed by atoms with Crippen LogP contribution in [0.2, 0.25) is 0 Å². The van der Waals surface area contributed by atoms with Crippen LogP contribution in [0.25, 0.3) is 0 Å². The number of carbonyl (C=O) groups is 6. The summed E-state index contributed by atoms with van der Waals surface area (Å²) in [5.74, 6) is -5.54. The van der Waals surface area contributed by atoms with E-state index >= 15 is 0 Å². The van der Waals surface area contributed by atoms with Crippen LogP contribution in [0.3, 0.4) is 0 Å². The molecule has 0 spiro atoms. The predicted molar refractivity (Wildman–Crippen MR) is 103 cm³/mol. The number of carbonyl (C=O) groups excluding carboxylic acids is 4. The summed E-state index contributed by atoms with van der Waals surface area (Å²) in [5.41, 5.74) is 14.8. The molecule has 12 N–H and O–H groups in total. The molecule has 4 unspecified atom stereocenters. The van der Waals surface area contributed by atoms with Gasteiger partial charge >= 0.3 is 11.9 Å². The fraction of sp³-hybridized carbons (Fsp3) is 0.625.